The van der Waals surface area contributed by atoms with Gasteiger partial charge in [-0.25, -0.2) is 0 Å². The molecule has 2 aliphatic heterocycles. The van der Waals surface area contributed by atoms with E-state index >= 15 is 0 Å². The van der Waals surface area contributed by atoms with Crippen LogP contribution < -0.4 is 14.8 Å². The molecule has 3 heterocycles. The van der Waals surface area contributed by atoms with E-state index in [1.54, 1.807) is 18.2 Å². The fraction of sp³-hybridized carbons (Fsp3) is 0.150. The Labute approximate surface area is 154 Å². The van der Waals surface area contributed by atoms with E-state index in [1.165, 1.54) is 0 Å². The molecular weight excluding hydrogens is 346 g/mol. The maximum Gasteiger partial charge on any atom is 0.231 e. The van der Waals surface area contributed by atoms with Crippen LogP contribution in [0.3, 0.4) is 0 Å². The van der Waals surface area contributed by atoms with E-state index in [4.69, 9.17) is 9.47 Å². The molecule has 2 N–H and O–H groups in total. The number of benzene rings is 2. The largest absolute Gasteiger partial charge is 0.454 e. The van der Waals surface area contributed by atoms with Crippen molar-refractivity contribution in [2.75, 3.05) is 12.1 Å². The summed E-state index contributed by atoms with van der Waals surface area (Å²) in [4.78, 5) is 25.4. The van der Waals surface area contributed by atoms with Crippen LogP contribution >= 0.6 is 0 Å². The lowest BCUT2D eigenvalue weighted by atomic mass is 9.84. The number of aromatic amines is 1. The summed E-state index contributed by atoms with van der Waals surface area (Å²) < 4.78 is 10.7. The van der Waals surface area contributed by atoms with Crippen molar-refractivity contribution < 1.29 is 19.1 Å². The zero-order valence-electron chi connectivity index (χ0n) is 14.2. The number of ketones is 1. The summed E-state index contributed by atoms with van der Waals surface area (Å²) in [5, 5.41) is 9.93. The average molecular weight is 361 g/mol. The minimum atomic E-state index is -0.622. The van der Waals surface area contributed by atoms with Crippen molar-refractivity contribution in [2.45, 2.75) is 12.3 Å². The van der Waals surface area contributed by atoms with Gasteiger partial charge in [0.15, 0.2) is 23.1 Å². The Morgan fingerprint density at radius 1 is 1.07 bits per heavy atom. The molecule has 0 spiro atoms. The fourth-order valence-corrected chi connectivity index (χ4v) is 3.56. The predicted molar refractivity (Wildman–Crippen MR) is 96.9 cm³/mol. The lowest BCUT2D eigenvalue weighted by Gasteiger charge is -2.22. The second-order valence-corrected chi connectivity index (χ2v) is 6.46. The number of fused-ring (bicyclic) bond motifs is 2. The van der Waals surface area contributed by atoms with Crippen molar-refractivity contribution in [3.8, 4) is 22.8 Å². The Kier molecular flexibility index (Phi) is 3.46. The molecule has 2 aromatic carbocycles. The molecule has 3 aromatic rings. The molecule has 134 valence electrons. The number of amides is 1. The van der Waals surface area contributed by atoms with Gasteiger partial charge in [0.2, 0.25) is 12.7 Å². The monoisotopic (exact) mass is 361 g/mol. The lowest BCUT2D eigenvalue weighted by Crippen LogP contribution is -2.27. The van der Waals surface area contributed by atoms with Gasteiger partial charge in [-0.2, -0.15) is 5.10 Å². The number of H-pyrrole nitrogens is 1. The van der Waals surface area contributed by atoms with Gasteiger partial charge < -0.3 is 14.8 Å². The highest BCUT2D eigenvalue weighted by atomic mass is 16.7. The normalized spacial score (nSPS) is 17.3. The Morgan fingerprint density at radius 2 is 1.89 bits per heavy atom. The highest BCUT2D eigenvalue weighted by molar-refractivity contribution is 6.09. The zero-order chi connectivity index (χ0) is 18.4. The average Bonchev–Trinajstić information content (AvgIpc) is 3.33. The van der Waals surface area contributed by atoms with Crippen LogP contribution in [-0.2, 0) is 4.79 Å². The first kappa shape index (κ1) is 15.6. The molecule has 7 nitrogen and oxygen atoms in total. The second kappa shape index (κ2) is 5.98. The topological polar surface area (TPSA) is 93.3 Å². The van der Waals surface area contributed by atoms with E-state index in [-0.39, 0.29) is 24.9 Å². The van der Waals surface area contributed by atoms with Crippen molar-refractivity contribution in [2.24, 2.45) is 0 Å². The van der Waals surface area contributed by atoms with Crippen LogP contribution in [0.4, 0.5) is 5.82 Å². The third kappa shape index (κ3) is 2.55. The fourth-order valence-electron chi connectivity index (χ4n) is 3.56. The zero-order valence-corrected chi connectivity index (χ0v) is 14.2. The van der Waals surface area contributed by atoms with Crippen molar-refractivity contribution in [3.05, 3.63) is 59.7 Å². The van der Waals surface area contributed by atoms with Crippen molar-refractivity contribution in [1.29, 1.82) is 0 Å². The van der Waals surface area contributed by atoms with E-state index in [0.717, 1.165) is 11.3 Å². The molecule has 2 aliphatic rings. The van der Waals surface area contributed by atoms with E-state index in [9.17, 15) is 9.59 Å². The molecule has 0 unspecified atom stereocenters. The van der Waals surface area contributed by atoms with Crippen molar-refractivity contribution >= 4 is 17.5 Å². The summed E-state index contributed by atoms with van der Waals surface area (Å²) in [6, 6.07) is 14.7. The number of carbonyl (C=O) groups is 2. The first-order valence-corrected chi connectivity index (χ1v) is 8.58. The molecule has 0 saturated carbocycles. The molecule has 0 saturated heterocycles. The molecule has 0 bridgehead atoms. The quantitative estimate of drug-likeness (QED) is 0.699. The molecular formula is C20H15N3O4. The molecule has 1 aromatic heterocycles. The summed E-state index contributed by atoms with van der Waals surface area (Å²) in [5.41, 5.74) is 2.84. The number of nitrogens with one attached hydrogen (secondary N) is 2. The van der Waals surface area contributed by atoms with Crippen molar-refractivity contribution in [1.82, 2.24) is 10.2 Å². The molecule has 27 heavy (non-hydrogen) atoms. The Morgan fingerprint density at radius 3 is 2.74 bits per heavy atom. The minimum Gasteiger partial charge on any atom is -0.454 e. The third-order valence-corrected chi connectivity index (χ3v) is 4.84. The van der Waals surface area contributed by atoms with E-state index in [1.807, 2.05) is 30.3 Å². The smallest absolute Gasteiger partial charge is 0.231 e. The number of carbonyl (C=O) groups excluding carboxylic acids is 2. The highest BCUT2D eigenvalue weighted by Crippen LogP contribution is 2.41. The van der Waals surface area contributed by atoms with Gasteiger partial charge in [-0.05, 0) is 23.8 Å². The number of nitrogens with zero attached hydrogens (tertiary/aromatic N) is 1. The number of anilines is 1. The number of rotatable bonds is 3. The van der Waals surface area contributed by atoms with Gasteiger partial charge in [-0.1, -0.05) is 30.3 Å². The molecule has 7 heteroatoms. The van der Waals surface area contributed by atoms with E-state index in [2.05, 4.69) is 15.5 Å². The summed E-state index contributed by atoms with van der Waals surface area (Å²) in [6.45, 7) is 0.142. The minimum absolute atomic E-state index is 0.0691. The first-order chi connectivity index (χ1) is 13.2. The van der Waals surface area contributed by atoms with Crippen LogP contribution in [0.1, 0.15) is 28.3 Å². The highest BCUT2D eigenvalue weighted by Gasteiger charge is 2.36. The number of aromatic nitrogens is 2. The van der Waals surface area contributed by atoms with Crippen LogP contribution in [0.2, 0.25) is 0 Å². The van der Waals surface area contributed by atoms with Crippen LogP contribution in [0, 0.1) is 0 Å². The molecule has 0 radical (unpaired) electrons. The van der Waals surface area contributed by atoms with Crippen LogP contribution in [-0.4, -0.2) is 28.7 Å². The molecule has 5 rings (SSSR count). The summed E-state index contributed by atoms with van der Waals surface area (Å²) >= 11 is 0. The Balaban J connectivity index is 1.59. The van der Waals surface area contributed by atoms with Gasteiger partial charge >= 0.3 is 0 Å². The van der Waals surface area contributed by atoms with Crippen LogP contribution in [0.5, 0.6) is 11.5 Å². The molecule has 1 atom stereocenters. The summed E-state index contributed by atoms with van der Waals surface area (Å²) in [6.07, 6.45) is 0.0691. The van der Waals surface area contributed by atoms with Crippen LogP contribution in [0.15, 0.2) is 48.5 Å². The van der Waals surface area contributed by atoms with Crippen LogP contribution in [0.25, 0.3) is 11.3 Å². The van der Waals surface area contributed by atoms with E-state index < -0.39 is 5.92 Å². The second-order valence-electron chi connectivity index (χ2n) is 6.46. The predicted octanol–water partition coefficient (Wildman–Crippen LogP) is 3.11. The van der Waals surface area contributed by atoms with Gasteiger partial charge in [0.25, 0.3) is 0 Å². The van der Waals surface area contributed by atoms with Gasteiger partial charge in [0, 0.05) is 17.5 Å². The molecule has 0 aliphatic carbocycles. The van der Waals surface area contributed by atoms with Gasteiger partial charge in [-0.3, -0.25) is 14.7 Å². The SMILES string of the molecule is O=C1C[C@@H](C(=O)c2ccc3c(c2)OCO3)c2c(n[nH]c2-c2ccccc2)N1. The molecule has 1 amide bonds. The molecule has 0 fully saturated rings. The van der Waals surface area contributed by atoms with Crippen molar-refractivity contribution in [3.63, 3.8) is 0 Å². The van der Waals surface area contributed by atoms with Gasteiger partial charge in [0.05, 0.1) is 11.6 Å². The third-order valence-electron chi connectivity index (χ3n) is 4.84. The number of hydrogen-bond donors (Lipinski definition) is 2. The van der Waals surface area contributed by atoms with E-state index in [0.29, 0.717) is 28.4 Å². The van der Waals surface area contributed by atoms with Gasteiger partial charge in [-0.15, -0.1) is 0 Å². The lowest BCUT2D eigenvalue weighted by molar-refractivity contribution is -0.116. The van der Waals surface area contributed by atoms with Gasteiger partial charge in [0.1, 0.15) is 0 Å². The maximum atomic E-state index is 13.3. The number of Topliss-reactive ketones (excluding diaryl/α,β-unsaturated/α-hetero) is 1. The number of ether oxygens (including phenoxy) is 2. The standard InChI is InChI=1S/C20H15N3O4/c24-16-9-13(19(25)12-6-7-14-15(8-12)27-10-26-14)17-18(22-23-20(17)21-16)11-4-2-1-3-5-11/h1-8,13H,9-10H2,(H2,21,22,23,24)/t13-/m1/s1. The summed E-state index contributed by atoms with van der Waals surface area (Å²) in [5.74, 6) is 0.557. The number of hydrogen-bond acceptors (Lipinski definition) is 5. The Bertz CT molecular complexity index is 1060. The maximum absolute atomic E-state index is 13.3. The first-order valence-electron chi connectivity index (χ1n) is 8.58. The Hall–Kier alpha value is -3.61. The summed E-state index contributed by atoms with van der Waals surface area (Å²) in [7, 11) is 0.